The predicted octanol–water partition coefficient (Wildman–Crippen LogP) is 1.78. The van der Waals surface area contributed by atoms with Crippen LogP contribution in [-0.2, 0) is 11.3 Å². The topological polar surface area (TPSA) is 83.0 Å². The number of ether oxygens (including phenoxy) is 1. The number of hydrogen-bond acceptors (Lipinski definition) is 5. The first kappa shape index (κ1) is 13.8. The van der Waals surface area contributed by atoms with E-state index in [1.807, 2.05) is 12.1 Å². The Morgan fingerprint density at radius 2 is 2.29 bits per heavy atom. The van der Waals surface area contributed by atoms with Crippen molar-refractivity contribution in [3.8, 4) is 5.69 Å². The van der Waals surface area contributed by atoms with E-state index in [2.05, 4.69) is 10.3 Å². The van der Waals surface area contributed by atoms with Crippen molar-refractivity contribution in [1.82, 2.24) is 15.0 Å². The molecule has 1 aromatic carbocycles. The molecule has 0 atom stereocenters. The lowest BCUT2D eigenvalue weighted by Crippen LogP contribution is -2.17. The van der Waals surface area contributed by atoms with Crippen LogP contribution in [0.2, 0.25) is 0 Å². The van der Waals surface area contributed by atoms with E-state index in [0.29, 0.717) is 18.0 Å². The Labute approximate surface area is 122 Å². The smallest absolute Gasteiger partial charge is 0.337 e. The summed E-state index contributed by atoms with van der Waals surface area (Å²) < 4.78 is 6.56. The van der Waals surface area contributed by atoms with Gasteiger partial charge in [-0.1, -0.05) is 17.7 Å². The fourth-order valence-corrected chi connectivity index (χ4v) is 2.63. The first-order valence-corrected chi connectivity index (χ1v) is 7.08. The van der Waals surface area contributed by atoms with Gasteiger partial charge in [-0.25, -0.2) is 9.48 Å². The van der Waals surface area contributed by atoms with Crippen LogP contribution >= 0.6 is 0 Å². The minimum Gasteiger partial charge on any atom is -0.465 e. The average molecular weight is 286 g/mol. The van der Waals surface area contributed by atoms with Crippen molar-refractivity contribution in [2.24, 2.45) is 5.73 Å². The molecule has 1 aromatic heterocycles. The van der Waals surface area contributed by atoms with Crippen LogP contribution in [0.3, 0.4) is 0 Å². The van der Waals surface area contributed by atoms with Crippen molar-refractivity contribution in [1.29, 1.82) is 0 Å². The minimum absolute atomic E-state index is 0.360. The lowest BCUT2D eigenvalue weighted by atomic mass is 9.82. The van der Waals surface area contributed by atoms with Gasteiger partial charge in [0.15, 0.2) is 0 Å². The molecule has 1 saturated carbocycles. The highest BCUT2D eigenvalue weighted by Crippen LogP contribution is 2.38. The predicted molar refractivity (Wildman–Crippen MR) is 77.2 cm³/mol. The van der Waals surface area contributed by atoms with Crippen LogP contribution in [-0.4, -0.2) is 28.1 Å². The van der Waals surface area contributed by atoms with Gasteiger partial charge in [0.2, 0.25) is 0 Å². The molecule has 3 rings (SSSR count). The average Bonchev–Trinajstić information content (AvgIpc) is 2.88. The molecule has 1 aliphatic rings. The number of carbonyl (C=O) groups excluding carboxylic acids is 1. The van der Waals surface area contributed by atoms with E-state index in [1.165, 1.54) is 13.5 Å². The third kappa shape index (κ3) is 2.42. The summed E-state index contributed by atoms with van der Waals surface area (Å²) in [4.78, 5) is 11.7. The number of benzene rings is 1. The molecule has 2 aromatic rings. The Morgan fingerprint density at radius 1 is 1.48 bits per heavy atom. The summed E-state index contributed by atoms with van der Waals surface area (Å²) >= 11 is 0. The molecule has 0 saturated heterocycles. The summed E-state index contributed by atoms with van der Waals surface area (Å²) in [6.07, 6.45) is 3.50. The van der Waals surface area contributed by atoms with Gasteiger partial charge in [-0.3, -0.25) is 0 Å². The SMILES string of the molecule is COC(=O)c1cccc(-n2nnc(CN)c2C2CCC2)c1. The van der Waals surface area contributed by atoms with Gasteiger partial charge in [-0.05, 0) is 31.0 Å². The number of carbonyl (C=O) groups is 1. The molecule has 2 N–H and O–H groups in total. The van der Waals surface area contributed by atoms with E-state index in [-0.39, 0.29) is 5.97 Å². The van der Waals surface area contributed by atoms with E-state index in [0.717, 1.165) is 29.9 Å². The molecular weight excluding hydrogens is 268 g/mol. The number of nitrogens with zero attached hydrogens (tertiary/aromatic N) is 3. The quantitative estimate of drug-likeness (QED) is 0.866. The van der Waals surface area contributed by atoms with Crippen molar-refractivity contribution in [2.75, 3.05) is 7.11 Å². The lowest BCUT2D eigenvalue weighted by Gasteiger charge is -2.26. The molecule has 0 bridgehead atoms. The van der Waals surface area contributed by atoms with Crippen LogP contribution < -0.4 is 5.73 Å². The second-order valence-electron chi connectivity index (χ2n) is 5.21. The zero-order valence-corrected chi connectivity index (χ0v) is 12.0. The molecule has 1 fully saturated rings. The Bertz CT molecular complexity index is 661. The summed E-state index contributed by atoms with van der Waals surface area (Å²) in [6.45, 7) is 0.378. The number of nitrogens with two attached hydrogens (primary N) is 1. The van der Waals surface area contributed by atoms with Gasteiger partial charge >= 0.3 is 5.97 Å². The van der Waals surface area contributed by atoms with Crippen molar-refractivity contribution in [3.05, 3.63) is 41.2 Å². The van der Waals surface area contributed by atoms with Crippen LogP contribution in [0.5, 0.6) is 0 Å². The molecule has 0 radical (unpaired) electrons. The number of methoxy groups -OCH3 is 1. The highest BCUT2D eigenvalue weighted by molar-refractivity contribution is 5.89. The van der Waals surface area contributed by atoms with Crippen molar-refractivity contribution in [3.63, 3.8) is 0 Å². The Balaban J connectivity index is 2.04. The molecule has 1 aliphatic carbocycles. The van der Waals surface area contributed by atoms with Gasteiger partial charge in [0.05, 0.1) is 24.1 Å². The third-order valence-corrected chi connectivity index (χ3v) is 3.98. The molecule has 6 heteroatoms. The van der Waals surface area contributed by atoms with Crippen LogP contribution in [0.4, 0.5) is 0 Å². The summed E-state index contributed by atoms with van der Waals surface area (Å²) in [6, 6.07) is 7.21. The summed E-state index contributed by atoms with van der Waals surface area (Å²) in [5.74, 6) is 0.0986. The van der Waals surface area contributed by atoms with Crippen molar-refractivity contribution >= 4 is 5.97 Å². The van der Waals surface area contributed by atoms with Gasteiger partial charge in [-0.15, -0.1) is 5.10 Å². The zero-order valence-electron chi connectivity index (χ0n) is 12.0. The van der Waals surface area contributed by atoms with Crippen molar-refractivity contribution < 1.29 is 9.53 Å². The highest BCUT2D eigenvalue weighted by atomic mass is 16.5. The van der Waals surface area contributed by atoms with E-state index >= 15 is 0 Å². The largest absolute Gasteiger partial charge is 0.465 e. The molecule has 0 amide bonds. The molecule has 0 unspecified atom stereocenters. The van der Waals surface area contributed by atoms with E-state index in [9.17, 15) is 4.79 Å². The Kier molecular flexibility index (Phi) is 3.70. The van der Waals surface area contributed by atoms with Crippen molar-refractivity contribution in [2.45, 2.75) is 31.7 Å². The first-order valence-electron chi connectivity index (χ1n) is 7.08. The number of hydrogen-bond donors (Lipinski definition) is 1. The molecule has 1 heterocycles. The van der Waals surface area contributed by atoms with Gasteiger partial charge in [0, 0.05) is 12.5 Å². The molecule has 21 heavy (non-hydrogen) atoms. The maximum atomic E-state index is 11.7. The van der Waals surface area contributed by atoms with Gasteiger partial charge in [0.1, 0.15) is 5.69 Å². The minimum atomic E-state index is -0.360. The van der Waals surface area contributed by atoms with Crippen LogP contribution in [0, 0.1) is 0 Å². The van der Waals surface area contributed by atoms with E-state index in [4.69, 9.17) is 10.5 Å². The fourth-order valence-electron chi connectivity index (χ4n) is 2.63. The molecule has 6 nitrogen and oxygen atoms in total. The van der Waals surface area contributed by atoms with E-state index < -0.39 is 0 Å². The Morgan fingerprint density at radius 3 is 2.90 bits per heavy atom. The summed E-state index contributed by atoms with van der Waals surface area (Å²) in [5.41, 5.74) is 8.99. The van der Waals surface area contributed by atoms with Crippen LogP contribution in [0.1, 0.15) is 46.9 Å². The summed E-state index contributed by atoms with van der Waals surface area (Å²) in [7, 11) is 1.37. The molecule has 0 aliphatic heterocycles. The maximum Gasteiger partial charge on any atom is 0.337 e. The first-order chi connectivity index (χ1) is 10.2. The normalized spacial score (nSPS) is 14.8. The monoisotopic (exact) mass is 286 g/mol. The molecule has 0 spiro atoms. The lowest BCUT2D eigenvalue weighted by molar-refractivity contribution is 0.0600. The zero-order chi connectivity index (χ0) is 14.8. The van der Waals surface area contributed by atoms with E-state index in [1.54, 1.807) is 16.8 Å². The molecular formula is C15H18N4O2. The van der Waals surface area contributed by atoms with Gasteiger partial charge in [-0.2, -0.15) is 0 Å². The van der Waals surface area contributed by atoms with Crippen LogP contribution in [0.15, 0.2) is 24.3 Å². The maximum absolute atomic E-state index is 11.7. The third-order valence-electron chi connectivity index (χ3n) is 3.98. The van der Waals surface area contributed by atoms with Gasteiger partial charge < -0.3 is 10.5 Å². The second kappa shape index (κ2) is 5.65. The number of aromatic nitrogens is 3. The molecule has 110 valence electrons. The fraction of sp³-hybridized carbons (Fsp3) is 0.400. The number of rotatable bonds is 4. The standard InChI is InChI=1S/C15H18N4O2/c1-21-15(20)11-6-3-7-12(8-11)19-14(10-4-2-5-10)13(9-16)17-18-19/h3,6-8,10H,2,4-5,9,16H2,1H3. The van der Waals surface area contributed by atoms with Crippen LogP contribution in [0.25, 0.3) is 5.69 Å². The van der Waals surface area contributed by atoms with Gasteiger partial charge in [0.25, 0.3) is 0 Å². The Hall–Kier alpha value is -2.21. The highest BCUT2D eigenvalue weighted by Gasteiger charge is 2.27. The number of esters is 1. The second-order valence-corrected chi connectivity index (χ2v) is 5.21. The summed E-state index contributed by atoms with van der Waals surface area (Å²) in [5, 5.41) is 8.40.